The van der Waals surface area contributed by atoms with Crippen LogP contribution in [-0.4, -0.2) is 39.0 Å². The molecule has 3 N–H and O–H groups in total. The quantitative estimate of drug-likeness (QED) is 0.318. The number of hydrogen-bond acceptors (Lipinski definition) is 4. The summed E-state index contributed by atoms with van der Waals surface area (Å²) >= 11 is 0. The molecule has 1 amide bonds. The topological polar surface area (TPSA) is 109 Å². The maximum absolute atomic E-state index is 13.0. The van der Waals surface area contributed by atoms with E-state index in [9.17, 15) is 20.0 Å². The number of carboxylic acids is 1. The molecule has 0 unspecified atom stereocenters. The monoisotopic (exact) mass is 550 g/mol. The van der Waals surface area contributed by atoms with Crippen molar-refractivity contribution in [2.75, 3.05) is 6.54 Å². The summed E-state index contributed by atoms with van der Waals surface area (Å²) < 4.78 is 0. The van der Waals surface area contributed by atoms with E-state index in [2.05, 4.69) is 58.7 Å². The van der Waals surface area contributed by atoms with Crippen LogP contribution in [0.2, 0.25) is 0 Å². The molecule has 3 saturated carbocycles. The standard InChI is InChI=1S/C34H38N4O3/c1-21-15-27(23-3-4-23)28(26-9-13-36-30(21)26)20-38-14-12-33(16-22(17-33)19-35)18-29(38)24-5-7-25(8-6-24)31(39)37-34(32(40)41)10-2-11-34/h5-9,13,15,22-23,29,36H,2-4,10-12,14,16-18,20H2,1H3,(H,37,39)(H,40,41)/t22?,29-,33?/m0/s1. The number of nitrogens with one attached hydrogen (secondary N) is 2. The minimum atomic E-state index is -1.12. The minimum Gasteiger partial charge on any atom is -0.480 e. The predicted octanol–water partition coefficient (Wildman–Crippen LogP) is 6.35. The van der Waals surface area contributed by atoms with Gasteiger partial charge in [0.25, 0.3) is 5.91 Å². The van der Waals surface area contributed by atoms with E-state index in [4.69, 9.17) is 0 Å². The van der Waals surface area contributed by atoms with E-state index in [0.717, 1.165) is 45.2 Å². The Morgan fingerprint density at radius 1 is 1.12 bits per heavy atom. The Labute approximate surface area is 240 Å². The van der Waals surface area contributed by atoms with Gasteiger partial charge in [0.1, 0.15) is 5.54 Å². The summed E-state index contributed by atoms with van der Waals surface area (Å²) in [5.74, 6) is -0.455. The summed E-state index contributed by atoms with van der Waals surface area (Å²) in [6, 6.07) is 15.1. The summed E-state index contributed by atoms with van der Waals surface area (Å²) in [7, 11) is 0. The van der Waals surface area contributed by atoms with Gasteiger partial charge in [-0.15, -0.1) is 0 Å². The fourth-order valence-electron chi connectivity index (χ4n) is 7.85. The number of aryl methyl sites for hydroxylation is 1. The number of fused-ring (bicyclic) bond motifs is 1. The molecule has 3 aliphatic carbocycles. The van der Waals surface area contributed by atoms with Crippen molar-refractivity contribution in [3.8, 4) is 6.07 Å². The lowest BCUT2D eigenvalue weighted by Gasteiger charge is -2.53. The molecule has 1 aliphatic heterocycles. The zero-order valence-electron chi connectivity index (χ0n) is 23.7. The number of aliphatic carboxylic acids is 1. The Morgan fingerprint density at radius 2 is 1.88 bits per heavy atom. The van der Waals surface area contributed by atoms with Crippen molar-refractivity contribution in [1.29, 1.82) is 5.26 Å². The van der Waals surface area contributed by atoms with Gasteiger partial charge in [-0.05, 0) is 123 Å². The highest BCUT2D eigenvalue weighted by molar-refractivity contribution is 5.98. The van der Waals surface area contributed by atoms with Gasteiger partial charge in [0.2, 0.25) is 0 Å². The number of carbonyl (C=O) groups is 2. The second kappa shape index (κ2) is 9.73. The molecule has 212 valence electrons. The summed E-state index contributed by atoms with van der Waals surface area (Å²) in [4.78, 5) is 30.8. The zero-order valence-corrected chi connectivity index (χ0v) is 23.7. The predicted molar refractivity (Wildman–Crippen MR) is 156 cm³/mol. The molecule has 7 nitrogen and oxygen atoms in total. The van der Waals surface area contributed by atoms with Crippen LogP contribution in [0.15, 0.2) is 42.6 Å². The Bertz CT molecular complexity index is 1550. The minimum absolute atomic E-state index is 0.166. The summed E-state index contributed by atoms with van der Waals surface area (Å²) in [5.41, 5.74) is 6.24. The van der Waals surface area contributed by atoms with Crippen LogP contribution in [-0.2, 0) is 11.3 Å². The fourth-order valence-corrected chi connectivity index (χ4v) is 7.85. The van der Waals surface area contributed by atoms with Crippen LogP contribution in [0.3, 0.4) is 0 Å². The first-order chi connectivity index (χ1) is 19.8. The molecule has 1 saturated heterocycles. The number of aromatic amines is 1. The average Bonchev–Trinajstić information content (AvgIpc) is 3.65. The second-order valence-electron chi connectivity index (χ2n) is 13.3. The number of carboxylic acid groups (broad SMARTS) is 1. The van der Waals surface area contributed by atoms with Crippen LogP contribution in [0.1, 0.15) is 102 Å². The molecule has 2 heterocycles. The number of aromatic nitrogens is 1. The largest absolute Gasteiger partial charge is 0.480 e. The lowest BCUT2D eigenvalue weighted by molar-refractivity contribution is -0.148. The average molecular weight is 551 g/mol. The molecule has 7 rings (SSSR count). The highest BCUT2D eigenvalue weighted by Gasteiger charge is 2.49. The number of nitrogens with zero attached hydrogens (tertiary/aromatic N) is 2. The molecule has 3 aromatic rings. The molecule has 1 spiro atoms. The normalized spacial score (nSPS) is 27.1. The number of carbonyl (C=O) groups excluding carboxylic acids is 1. The molecular formula is C34H38N4O3. The first-order valence-corrected chi connectivity index (χ1v) is 15.2. The third-order valence-corrected chi connectivity index (χ3v) is 10.6. The smallest absolute Gasteiger partial charge is 0.329 e. The SMILES string of the molecule is Cc1cc(C2CC2)c(CN2CCC3(CC(C#N)C3)C[C@H]2c2ccc(C(=O)NC3(C(=O)O)CCC3)cc2)c2cc[nH]c12. The molecular weight excluding hydrogens is 512 g/mol. The third kappa shape index (κ3) is 4.53. The Hall–Kier alpha value is -3.63. The summed E-state index contributed by atoms with van der Waals surface area (Å²) in [5, 5.41) is 23.3. The fraction of sp³-hybridized carbons (Fsp3) is 0.500. The van der Waals surface area contributed by atoms with Crippen molar-refractivity contribution < 1.29 is 14.7 Å². The van der Waals surface area contributed by atoms with Gasteiger partial charge >= 0.3 is 5.97 Å². The van der Waals surface area contributed by atoms with Crippen molar-refractivity contribution in [2.45, 2.75) is 88.8 Å². The van der Waals surface area contributed by atoms with Crippen LogP contribution >= 0.6 is 0 Å². The van der Waals surface area contributed by atoms with Gasteiger partial charge in [-0.1, -0.05) is 18.2 Å². The zero-order chi connectivity index (χ0) is 28.4. The highest BCUT2D eigenvalue weighted by Crippen LogP contribution is 2.57. The summed E-state index contributed by atoms with van der Waals surface area (Å²) in [6.45, 7) is 4.06. The maximum Gasteiger partial charge on any atom is 0.329 e. The van der Waals surface area contributed by atoms with Gasteiger partial charge in [0.05, 0.1) is 6.07 Å². The van der Waals surface area contributed by atoms with E-state index in [1.165, 1.54) is 46.0 Å². The molecule has 4 fully saturated rings. The number of benzene rings is 2. The number of likely N-dealkylation sites (tertiary alicyclic amines) is 1. The lowest BCUT2D eigenvalue weighted by atomic mass is 9.56. The van der Waals surface area contributed by atoms with Gasteiger partial charge in [0, 0.05) is 41.2 Å². The third-order valence-electron chi connectivity index (χ3n) is 10.6. The molecule has 4 aliphatic rings. The molecule has 0 bridgehead atoms. The first-order valence-electron chi connectivity index (χ1n) is 15.2. The molecule has 2 aromatic carbocycles. The first kappa shape index (κ1) is 26.3. The van der Waals surface area contributed by atoms with Gasteiger partial charge in [0.15, 0.2) is 0 Å². The van der Waals surface area contributed by atoms with Gasteiger partial charge in [-0.2, -0.15) is 5.26 Å². The van der Waals surface area contributed by atoms with E-state index in [-0.39, 0.29) is 23.3 Å². The van der Waals surface area contributed by atoms with Crippen molar-refractivity contribution in [2.24, 2.45) is 11.3 Å². The number of H-pyrrole nitrogens is 1. The second-order valence-corrected chi connectivity index (χ2v) is 13.3. The Balaban J connectivity index is 1.18. The lowest BCUT2D eigenvalue weighted by Crippen LogP contribution is -2.59. The van der Waals surface area contributed by atoms with E-state index in [0.29, 0.717) is 24.3 Å². The maximum atomic E-state index is 13.0. The van der Waals surface area contributed by atoms with Crippen molar-refractivity contribution in [3.63, 3.8) is 0 Å². The molecule has 41 heavy (non-hydrogen) atoms. The van der Waals surface area contributed by atoms with E-state index < -0.39 is 11.5 Å². The van der Waals surface area contributed by atoms with Crippen molar-refractivity contribution in [1.82, 2.24) is 15.2 Å². The molecule has 1 aromatic heterocycles. The van der Waals surface area contributed by atoms with Crippen LogP contribution in [0.5, 0.6) is 0 Å². The number of nitriles is 1. The van der Waals surface area contributed by atoms with Crippen LogP contribution in [0.25, 0.3) is 10.9 Å². The highest BCUT2D eigenvalue weighted by atomic mass is 16.4. The van der Waals surface area contributed by atoms with Crippen LogP contribution in [0, 0.1) is 29.6 Å². The molecule has 0 radical (unpaired) electrons. The van der Waals surface area contributed by atoms with Gasteiger partial charge in [-0.25, -0.2) is 4.79 Å². The van der Waals surface area contributed by atoms with E-state index in [1.807, 2.05) is 12.1 Å². The number of hydrogen-bond donors (Lipinski definition) is 3. The van der Waals surface area contributed by atoms with Gasteiger partial charge < -0.3 is 15.4 Å². The van der Waals surface area contributed by atoms with Crippen LogP contribution < -0.4 is 5.32 Å². The van der Waals surface area contributed by atoms with Crippen molar-refractivity contribution in [3.05, 3.63) is 70.4 Å². The van der Waals surface area contributed by atoms with Crippen molar-refractivity contribution >= 4 is 22.8 Å². The van der Waals surface area contributed by atoms with Gasteiger partial charge in [-0.3, -0.25) is 9.69 Å². The van der Waals surface area contributed by atoms with E-state index in [1.54, 1.807) is 0 Å². The number of amides is 1. The Morgan fingerprint density at radius 3 is 2.51 bits per heavy atom. The van der Waals surface area contributed by atoms with Crippen LogP contribution in [0.4, 0.5) is 0 Å². The Kier molecular flexibility index (Phi) is 6.24. The number of rotatable bonds is 7. The molecule has 1 atom stereocenters. The number of piperidine rings is 1. The molecule has 7 heteroatoms. The summed E-state index contributed by atoms with van der Waals surface area (Å²) in [6.07, 6.45) is 10.4. The van der Waals surface area contributed by atoms with E-state index >= 15 is 0 Å².